The Morgan fingerprint density at radius 2 is 1.79 bits per heavy atom. The number of ether oxygens (including phenoxy) is 1. The van der Waals surface area contributed by atoms with Crippen LogP contribution in [0.3, 0.4) is 0 Å². The lowest BCUT2D eigenvalue weighted by Gasteiger charge is -2.26. The van der Waals surface area contributed by atoms with Gasteiger partial charge in [-0.05, 0) is 44.7 Å². The molecule has 2 heteroatoms. The van der Waals surface area contributed by atoms with Crippen molar-refractivity contribution >= 4 is 0 Å². The van der Waals surface area contributed by atoms with Crippen LogP contribution < -0.4 is 5.32 Å². The quantitative estimate of drug-likeness (QED) is 0.765. The molecule has 0 aliphatic rings. The van der Waals surface area contributed by atoms with Crippen LogP contribution in [0.15, 0.2) is 18.2 Å². The summed E-state index contributed by atoms with van der Waals surface area (Å²) in [7, 11) is 1.78. The maximum absolute atomic E-state index is 5.22. The Balaban J connectivity index is 2.87. The summed E-state index contributed by atoms with van der Waals surface area (Å²) in [6.45, 7) is 10.8. The molecule has 0 aromatic heterocycles. The zero-order chi connectivity index (χ0) is 14.3. The van der Waals surface area contributed by atoms with Gasteiger partial charge < -0.3 is 10.1 Å². The van der Waals surface area contributed by atoms with Gasteiger partial charge in [-0.1, -0.05) is 43.2 Å². The largest absolute Gasteiger partial charge is 0.385 e. The second-order valence-electron chi connectivity index (χ2n) is 5.61. The van der Waals surface area contributed by atoms with Gasteiger partial charge in [0.2, 0.25) is 0 Å². The number of nitrogens with one attached hydrogen (secondary N) is 1. The third kappa shape index (κ3) is 5.33. The number of aryl methyl sites for hydroxylation is 2. The molecule has 1 aromatic carbocycles. The first kappa shape index (κ1) is 16.2. The molecule has 2 unspecified atom stereocenters. The van der Waals surface area contributed by atoms with Crippen LogP contribution >= 0.6 is 0 Å². The molecule has 0 bridgehead atoms. The number of rotatable bonds is 8. The number of benzene rings is 1. The molecule has 0 amide bonds. The molecule has 108 valence electrons. The third-order valence-corrected chi connectivity index (χ3v) is 3.56. The van der Waals surface area contributed by atoms with Crippen LogP contribution in [0.5, 0.6) is 0 Å². The summed E-state index contributed by atoms with van der Waals surface area (Å²) in [5, 5.41) is 3.69. The molecule has 1 rings (SSSR count). The highest BCUT2D eigenvalue weighted by Gasteiger charge is 2.18. The van der Waals surface area contributed by atoms with E-state index < -0.39 is 0 Å². The summed E-state index contributed by atoms with van der Waals surface area (Å²) in [5.41, 5.74) is 4.10. The van der Waals surface area contributed by atoms with Crippen molar-refractivity contribution in [3.63, 3.8) is 0 Å². The van der Waals surface area contributed by atoms with Crippen LogP contribution in [0.4, 0.5) is 0 Å². The van der Waals surface area contributed by atoms with Crippen LogP contribution in [0.1, 0.15) is 49.4 Å². The summed E-state index contributed by atoms with van der Waals surface area (Å²) in [6, 6.07) is 7.28. The summed E-state index contributed by atoms with van der Waals surface area (Å²) in [6.07, 6.45) is 2.25. The van der Waals surface area contributed by atoms with Crippen molar-refractivity contribution in [1.82, 2.24) is 5.32 Å². The normalized spacial score (nSPS) is 14.4. The van der Waals surface area contributed by atoms with Crippen molar-refractivity contribution in [2.45, 2.75) is 46.6 Å². The molecule has 19 heavy (non-hydrogen) atoms. The van der Waals surface area contributed by atoms with Gasteiger partial charge in [-0.2, -0.15) is 0 Å². The van der Waals surface area contributed by atoms with Gasteiger partial charge >= 0.3 is 0 Å². The number of methoxy groups -OCH3 is 1. The van der Waals surface area contributed by atoms with Crippen LogP contribution in [0.2, 0.25) is 0 Å². The van der Waals surface area contributed by atoms with E-state index >= 15 is 0 Å². The van der Waals surface area contributed by atoms with Crippen LogP contribution in [-0.2, 0) is 4.74 Å². The number of hydrogen-bond donors (Lipinski definition) is 1. The predicted octanol–water partition coefficient (Wildman–Crippen LogP) is 4.02. The van der Waals surface area contributed by atoms with E-state index in [1.54, 1.807) is 7.11 Å². The van der Waals surface area contributed by atoms with Gasteiger partial charge in [-0.3, -0.25) is 0 Å². The summed E-state index contributed by atoms with van der Waals surface area (Å²) < 4.78 is 5.22. The van der Waals surface area contributed by atoms with Gasteiger partial charge in [0.15, 0.2) is 0 Å². The average Bonchev–Trinajstić information content (AvgIpc) is 2.35. The van der Waals surface area contributed by atoms with Crippen molar-refractivity contribution in [3.05, 3.63) is 34.9 Å². The Hall–Kier alpha value is -0.860. The predicted molar refractivity (Wildman–Crippen MR) is 82.6 cm³/mol. The van der Waals surface area contributed by atoms with Gasteiger partial charge in [0.1, 0.15) is 0 Å². The van der Waals surface area contributed by atoms with Crippen molar-refractivity contribution in [2.75, 3.05) is 20.3 Å². The second kappa shape index (κ2) is 8.34. The third-order valence-electron chi connectivity index (χ3n) is 3.56. The molecule has 1 N–H and O–H groups in total. The SMILES string of the molecule is CCCNC(c1cc(C)cc(C)c1)C(C)CCOC. The highest BCUT2D eigenvalue weighted by Crippen LogP contribution is 2.26. The van der Waals surface area contributed by atoms with Crippen molar-refractivity contribution < 1.29 is 4.74 Å². The Bertz CT molecular complexity index is 355. The molecule has 0 saturated carbocycles. The molecule has 1 aromatic rings. The van der Waals surface area contributed by atoms with E-state index in [9.17, 15) is 0 Å². The highest BCUT2D eigenvalue weighted by molar-refractivity contribution is 5.31. The fourth-order valence-corrected chi connectivity index (χ4v) is 2.61. The first-order chi connectivity index (χ1) is 9.08. The fraction of sp³-hybridized carbons (Fsp3) is 0.647. The molecule has 0 heterocycles. The monoisotopic (exact) mass is 263 g/mol. The Labute approximate surface area is 118 Å². The maximum atomic E-state index is 5.22. The van der Waals surface area contributed by atoms with Crippen molar-refractivity contribution in [1.29, 1.82) is 0 Å². The van der Waals surface area contributed by atoms with E-state index in [0.717, 1.165) is 26.0 Å². The Morgan fingerprint density at radius 1 is 1.16 bits per heavy atom. The zero-order valence-corrected chi connectivity index (χ0v) is 13.1. The molecular weight excluding hydrogens is 234 g/mol. The van der Waals surface area contributed by atoms with Crippen LogP contribution in [-0.4, -0.2) is 20.3 Å². The Morgan fingerprint density at radius 3 is 2.32 bits per heavy atom. The molecule has 2 nitrogen and oxygen atoms in total. The van der Waals surface area contributed by atoms with Gasteiger partial charge in [0, 0.05) is 19.8 Å². The zero-order valence-electron chi connectivity index (χ0n) is 13.1. The van der Waals surface area contributed by atoms with E-state index in [2.05, 4.69) is 51.2 Å². The topological polar surface area (TPSA) is 21.3 Å². The smallest absolute Gasteiger partial charge is 0.0465 e. The Kier molecular flexibility index (Phi) is 7.11. The molecule has 0 saturated heterocycles. The molecule has 0 fully saturated rings. The van der Waals surface area contributed by atoms with E-state index in [1.165, 1.54) is 16.7 Å². The maximum Gasteiger partial charge on any atom is 0.0465 e. The van der Waals surface area contributed by atoms with E-state index in [0.29, 0.717) is 12.0 Å². The van der Waals surface area contributed by atoms with Crippen molar-refractivity contribution in [2.24, 2.45) is 5.92 Å². The first-order valence-corrected chi connectivity index (χ1v) is 7.39. The minimum Gasteiger partial charge on any atom is -0.385 e. The standard InChI is InChI=1S/C17H29NO/c1-6-8-18-17(15(4)7-9-19-5)16-11-13(2)10-14(3)12-16/h10-12,15,17-18H,6-9H2,1-5H3. The summed E-state index contributed by atoms with van der Waals surface area (Å²) >= 11 is 0. The average molecular weight is 263 g/mol. The molecule has 0 aliphatic carbocycles. The summed E-state index contributed by atoms with van der Waals surface area (Å²) in [4.78, 5) is 0. The molecule has 0 radical (unpaired) electrons. The van der Waals surface area contributed by atoms with Gasteiger partial charge in [0.05, 0.1) is 0 Å². The molecular formula is C17H29NO. The molecule has 0 aliphatic heterocycles. The van der Waals surface area contributed by atoms with Gasteiger partial charge in [-0.25, -0.2) is 0 Å². The molecule has 0 spiro atoms. The summed E-state index contributed by atoms with van der Waals surface area (Å²) in [5.74, 6) is 0.577. The van der Waals surface area contributed by atoms with Gasteiger partial charge in [0.25, 0.3) is 0 Å². The van der Waals surface area contributed by atoms with Crippen LogP contribution in [0, 0.1) is 19.8 Å². The first-order valence-electron chi connectivity index (χ1n) is 7.39. The lowest BCUT2D eigenvalue weighted by Crippen LogP contribution is -2.28. The van der Waals surface area contributed by atoms with E-state index in [1.807, 2.05) is 0 Å². The lowest BCUT2D eigenvalue weighted by atomic mass is 9.90. The molecule has 2 atom stereocenters. The van der Waals surface area contributed by atoms with Gasteiger partial charge in [-0.15, -0.1) is 0 Å². The van der Waals surface area contributed by atoms with E-state index in [4.69, 9.17) is 4.74 Å². The van der Waals surface area contributed by atoms with E-state index in [-0.39, 0.29) is 0 Å². The lowest BCUT2D eigenvalue weighted by molar-refractivity contribution is 0.170. The minimum absolute atomic E-state index is 0.425. The minimum atomic E-state index is 0.425. The highest BCUT2D eigenvalue weighted by atomic mass is 16.5. The second-order valence-corrected chi connectivity index (χ2v) is 5.61. The fourth-order valence-electron chi connectivity index (χ4n) is 2.61. The van der Waals surface area contributed by atoms with Crippen molar-refractivity contribution in [3.8, 4) is 0 Å². The van der Waals surface area contributed by atoms with Crippen LogP contribution in [0.25, 0.3) is 0 Å². The number of hydrogen-bond acceptors (Lipinski definition) is 2.